The first-order chi connectivity index (χ1) is 19.2. The molecule has 0 spiro atoms. The summed E-state index contributed by atoms with van der Waals surface area (Å²) in [6.07, 6.45) is 0.142. The summed E-state index contributed by atoms with van der Waals surface area (Å²) in [6.45, 7) is 7.71. The number of hydrogen-bond acceptors (Lipinski definition) is 5. The van der Waals surface area contributed by atoms with Gasteiger partial charge in [-0.3, -0.25) is 9.59 Å². The molecule has 3 N–H and O–H groups in total. The SMILES string of the molecule is CCCN1CC(C(=O)N[C@@H](Cc2cc(F)cc(F)c2)[C@H](O)[C@H]2C[C@@H](OCc3ccccc3)CN2)C(C(C)C)C1=O. The molecule has 0 aliphatic carbocycles. The van der Waals surface area contributed by atoms with Gasteiger partial charge >= 0.3 is 0 Å². The van der Waals surface area contributed by atoms with Crippen LogP contribution < -0.4 is 10.6 Å². The Labute approximate surface area is 235 Å². The van der Waals surface area contributed by atoms with E-state index in [0.717, 1.165) is 18.1 Å². The second kappa shape index (κ2) is 13.7. The molecule has 2 saturated heterocycles. The van der Waals surface area contributed by atoms with Crippen molar-refractivity contribution in [1.29, 1.82) is 0 Å². The highest BCUT2D eigenvalue weighted by Gasteiger charge is 2.46. The van der Waals surface area contributed by atoms with Gasteiger partial charge in [-0.25, -0.2) is 8.78 Å². The van der Waals surface area contributed by atoms with E-state index in [4.69, 9.17) is 4.74 Å². The van der Waals surface area contributed by atoms with Crippen molar-refractivity contribution in [3.63, 3.8) is 0 Å². The lowest BCUT2D eigenvalue weighted by molar-refractivity contribution is -0.135. The van der Waals surface area contributed by atoms with E-state index >= 15 is 0 Å². The van der Waals surface area contributed by atoms with Gasteiger partial charge in [0.1, 0.15) is 11.6 Å². The van der Waals surface area contributed by atoms with Crippen LogP contribution in [-0.2, 0) is 27.4 Å². The molecule has 9 heteroatoms. The lowest BCUT2D eigenvalue weighted by Crippen LogP contribution is -2.54. The number of aliphatic hydroxyl groups is 1. The molecule has 0 radical (unpaired) electrons. The van der Waals surface area contributed by atoms with Crippen LogP contribution in [0.2, 0.25) is 0 Å². The molecule has 2 unspecified atom stereocenters. The van der Waals surface area contributed by atoms with Gasteiger partial charge < -0.3 is 25.4 Å². The second-order valence-electron chi connectivity index (χ2n) is 11.4. The van der Waals surface area contributed by atoms with Gasteiger partial charge in [-0.2, -0.15) is 0 Å². The summed E-state index contributed by atoms with van der Waals surface area (Å²) in [4.78, 5) is 28.4. The summed E-state index contributed by atoms with van der Waals surface area (Å²) in [6, 6.07) is 11.8. The fourth-order valence-electron chi connectivity index (χ4n) is 6.01. The van der Waals surface area contributed by atoms with Crippen LogP contribution in [-0.4, -0.2) is 65.7 Å². The van der Waals surface area contributed by atoms with E-state index in [9.17, 15) is 23.5 Å². The highest BCUT2D eigenvalue weighted by atomic mass is 19.1. The third-order valence-electron chi connectivity index (χ3n) is 7.98. The van der Waals surface area contributed by atoms with Gasteiger partial charge in [0.15, 0.2) is 0 Å². The third-order valence-corrected chi connectivity index (χ3v) is 7.98. The Morgan fingerprint density at radius 1 is 1.15 bits per heavy atom. The van der Waals surface area contributed by atoms with Crippen LogP contribution in [0.5, 0.6) is 0 Å². The minimum Gasteiger partial charge on any atom is -0.389 e. The highest BCUT2D eigenvalue weighted by molar-refractivity contribution is 5.91. The average molecular weight is 558 g/mol. The van der Waals surface area contributed by atoms with E-state index in [0.29, 0.717) is 38.2 Å². The smallest absolute Gasteiger partial charge is 0.226 e. The number of carbonyl (C=O) groups is 2. The van der Waals surface area contributed by atoms with Gasteiger partial charge in [-0.1, -0.05) is 51.1 Å². The highest BCUT2D eigenvalue weighted by Crippen LogP contribution is 2.32. The molecular weight excluding hydrogens is 516 g/mol. The molecule has 2 fully saturated rings. The Kier molecular flexibility index (Phi) is 10.3. The molecule has 0 bridgehead atoms. The Balaban J connectivity index is 1.48. The van der Waals surface area contributed by atoms with Crippen molar-refractivity contribution < 1.29 is 28.2 Å². The molecule has 0 aromatic heterocycles. The van der Waals surface area contributed by atoms with Crippen LogP contribution >= 0.6 is 0 Å². The van der Waals surface area contributed by atoms with Gasteiger partial charge in [0.2, 0.25) is 11.8 Å². The zero-order chi connectivity index (χ0) is 28.8. The van der Waals surface area contributed by atoms with Gasteiger partial charge in [0.25, 0.3) is 0 Å². The first-order valence-electron chi connectivity index (χ1n) is 14.3. The van der Waals surface area contributed by atoms with E-state index in [1.807, 2.05) is 51.1 Å². The van der Waals surface area contributed by atoms with Crippen LogP contribution in [0.25, 0.3) is 0 Å². The Morgan fingerprint density at radius 3 is 2.50 bits per heavy atom. The minimum atomic E-state index is -1.05. The van der Waals surface area contributed by atoms with Crippen molar-refractivity contribution in [3.8, 4) is 0 Å². The molecule has 2 aliphatic rings. The molecule has 7 nitrogen and oxygen atoms in total. The first-order valence-corrected chi connectivity index (χ1v) is 14.3. The maximum Gasteiger partial charge on any atom is 0.226 e. The van der Waals surface area contributed by atoms with Crippen LogP contribution in [0, 0.1) is 29.4 Å². The summed E-state index contributed by atoms with van der Waals surface area (Å²) < 4.78 is 34.0. The number of rotatable bonds is 12. The number of aliphatic hydroxyl groups excluding tert-OH is 1. The fourth-order valence-corrected chi connectivity index (χ4v) is 6.01. The maximum atomic E-state index is 14.0. The fraction of sp³-hybridized carbons (Fsp3) is 0.548. The second-order valence-corrected chi connectivity index (χ2v) is 11.4. The number of benzene rings is 2. The lowest BCUT2D eigenvalue weighted by atomic mass is 9.84. The number of hydrogen-bond donors (Lipinski definition) is 3. The number of halogens is 2. The van der Waals surface area contributed by atoms with Crippen molar-refractivity contribution in [2.24, 2.45) is 17.8 Å². The van der Waals surface area contributed by atoms with E-state index in [1.165, 1.54) is 12.1 Å². The number of nitrogens with zero attached hydrogens (tertiary/aromatic N) is 1. The summed E-state index contributed by atoms with van der Waals surface area (Å²) in [7, 11) is 0. The van der Waals surface area contributed by atoms with E-state index in [-0.39, 0.29) is 30.3 Å². The molecule has 2 amide bonds. The van der Waals surface area contributed by atoms with E-state index < -0.39 is 41.7 Å². The van der Waals surface area contributed by atoms with Gasteiger partial charge in [-0.15, -0.1) is 0 Å². The quantitative estimate of drug-likeness (QED) is 0.372. The molecule has 4 rings (SSSR count). The number of nitrogens with one attached hydrogen (secondary N) is 2. The van der Waals surface area contributed by atoms with Crippen LogP contribution in [0.3, 0.4) is 0 Å². The third kappa shape index (κ3) is 7.44. The van der Waals surface area contributed by atoms with Crippen LogP contribution in [0.1, 0.15) is 44.7 Å². The minimum absolute atomic E-state index is 0.0288. The molecule has 2 aromatic rings. The lowest BCUT2D eigenvalue weighted by Gasteiger charge is -2.30. The van der Waals surface area contributed by atoms with E-state index in [1.54, 1.807) is 4.90 Å². The molecule has 40 heavy (non-hydrogen) atoms. The first kappa shape index (κ1) is 30.1. The van der Waals surface area contributed by atoms with Gasteiger partial charge in [-0.05, 0) is 48.4 Å². The van der Waals surface area contributed by atoms with Gasteiger partial charge in [0.05, 0.1) is 36.7 Å². The molecule has 2 heterocycles. The molecule has 6 atom stereocenters. The molecular formula is C31H41F2N3O4. The Bertz CT molecular complexity index is 1130. The average Bonchev–Trinajstić information content (AvgIpc) is 3.52. The van der Waals surface area contributed by atoms with Crippen molar-refractivity contribution in [2.75, 3.05) is 19.6 Å². The van der Waals surface area contributed by atoms with Crippen LogP contribution in [0.15, 0.2) is 48.5 Å². The van der Waals surface area contributed by atoms with Crippen molar-refractivity contribution in [3.05, 3.63) is 71.3 Å². The molecule has 0 saturated carbocycles. The monoisotopic (exact) mass is 557 g/mol. The summed E-state index contributed by atoms with van der Waals surface area (Å²) in [5.41, 5.74) is 1.37. The van der Waals surface area contributed by atoms with Crippen molar-refractivity contribution in [2.45, 2.75) is 70.9 Å². The molecule has 218 valence electrons. The Morgan fingerprint density at radius 2 is 1.85 bits per heavy atom. The van der Waals surface area contributed by atoms with Crippen molar-refractivity contribution in [1.82, 2.24) is 15.5 Å². The van der Waals surface area contributed by atoms with E-state index in [2.05, 4.69) is 10.6 Å². The van der Waals surface area contributed by atoms with Gasteiger partial charge in [0, 0.05) is 31.7 Å². The number of amides is 2. The standard InChI is InChI=1S/C31H41F2N3O4/c1-4-10-36-17-25(28(19(2)3)31(36)39)30(38)35-27(13-21-11-22(32)14-23(33)12-21)29(37)26-15-24(16-34-26)40-18-20-8-6-5-7-9-20/h5-9,11-12,14,19,24-29,34,37H,4,10,13,15-18H2,1-3H3,(H,35,38)/t24-,25?,26-,27+,28?,29-/m1/s1. The maximum absolute atomic E-state index is 14.0. The summed E-state index contributed by atoms with van der Waals surface area (Å²) >= 11 is 0. The van der Waals surface area contributed by atoms with Crippen molar-refractivity contribution >= 4 is 11.8 Å². The predicted octanol–water partition coefficient (Wildman–Crippen LogP) is 3.44. The normalized spacial score (nSPS) is 24.5. The predicted molar refractivity (Wildman–Crippen MR) is 148 cm³/mol. The number of carbonyl (C=O) groups excluding carboxylic acids is 2. The number of likely N-dealkylation sites (tertiary alicyclic amines) is 1. The topological polar surface area (TPSA) is 90.9 Å². The summed E-state index contributed by atoms with van der Waals surface area (Å²) in [5.74, 6) is -2.88. The largest absolute Gasteiger partial charge is 0.389 e. The zero-order valence-electron chi connectivity index (χ0n) is 23.5. The zero-order valence-corrected chi connectivity index (χ0v) is 23.5. The van der Waals surface area contributed by atoms with Crippen LogP contribution in [0.4, 0.5) is 8.78 Å². The summed E-state index contributed by atoms with van der Waals surface area (Å²) in [5, 5.41) is 17.7. The number of ether oxygens (including phenoxy) is 1. The molecule has 2 aliphatic heterocycles. The Hall–Kier alpha value is -2.88. The molecule has 2 aromatic carbocycles.